The summed E-state index contributed by atoms with van der Waals surface area (Å²) in [5.41, 5.74) is 0. The predicted octanol–water partition coefficient (Wildman–Crippen LogP) is 2.37. The second-order valence-corrected chi connectivity index (χ2v) is 2.24. The highest BCUT2D eigenvalue weighted by atomic mass is 16.4. The Bertz CT molecular complexity index is 157. The van der Waals surface area contributed by atoms with E-state index in [1.807, 2.05) is 12.2 Å². The lowest BCUT2D eigenvalue weighted by molar-refractivity contribution is -0.135. The maximum absolute atomic E-state index is 10.0. The van der Waals surface area contributed by atoms with Gasteiger partial charge in [-0.1, -0.05) is 37.6 Å². The van der Waals surface area contributed by atoms with E-state index in [9.17, 15) is 4.79 Å². The molecule has 0 aromatic carbocycles. The molecule has 0 saturated heterocycles. The van der Waals surface area contributed by atoms with Gasteiger partial charge in [0.05, 0.1) is 6.42 Å². The molecule has 0 rings (SSSR count). The summed E-state index contributed by atoms with van der Waals surface area (Å²) in [6.45, 7) is 2.10. The average Bonchev–Trinajstić information content (AvgIpc) is 1.96. The highest BCUT2D eigenvalue weighted by Crippen LogP contribution is 1.89. The number of carboxylic acids is 1. The van der Waals surface area contributed by atoms with Gasteiger partial charge in [-0.05, 0) is 6.42 Å². The van der Waals surface area contributed by atoms with E-state index in [-0.39, 0.29) is 6.42 Å². The summed E-state index contributed by atoms with van der Waals surface area (Å²) in [7, 11) is 0. The van der Waals surface area contributed by atoms with Crippen LogP contribution in [0.15, 0.2) is 24.3 Å². The van der Waals surface area contributed by atoms with Gasteiger partial charge >= 0.3 is 5.97 Å². The first-order chi connectivity index (χ1) is 5.27. The molecule has 0 atom stereocenters. The van der Waals surface area contributed by atoms with Crippen LogP contribution in [-0.4, -0.2) is 11.1 Å². The maximum Gasteiger partial charge on any atom is 0.307 e. The second-order valence-electron chi connectivity index (χ2n) is 2.24. The van der Waals surface area contributed by atoms with E-state index in [1.54, 1.807) is 12.2 Å². The monoisotopic (exact) mass is 154 g/mol. The Morgan fingerprint density at radius 2 is 2.00 bits per heavy atom. The second kappa shape index (κ2) is 7.06. The molecular weight excluding hydrogens is 140 g/mol. The molecule has 2 nitrogen and oxygen atoms in total. The first-order valence-electron chi connectivity index (χ1n) is 3.80. The van der Waals surface area contributed by atoms with Gasteiger partial charge in [0, 0.05) is 0 Å². The molecular formula is C9H14O2. The smallest absolute Gasteiger partial charge is 0.307 e. The number of carboxylic acid groups (broad SMARTS) is 1. The summed E-state index contributed by atoms with van der Waals surface area (Å²) in [4.78, 5) is 10.0. The van der Waals surface area contributed by atoms with Gasteiger partial charge in [-0.2, -0.15) is 0 Å². The number of hydrogen-bond donors (Lipinski definition) is 1. The van der Waals surface area contributed by atoms with Gasteiger partial charge in [-0.15, -0.1) is 0 Å². The van der Waals surface area contributed by atoms with Crippen LogP contribution in [0.25, 0.3) is 0 Å². The van der Waals surface area contributed by atoms with Gasteiger partial charge in [0.2, 0.25) is 0 Å². The summed E-state index contributed by atoms with van der Waals surface area (Å²) in [6.07, 6.45) is 9.60. The number of hydrogen-bond acceptors (Lipinski definition) is 1. The SMILES string of the molecule is CCC/C=C/C=C/CC(=O)O. The average molecular weight is 154 g/mol. The fraction of sp³-hybridized carbons (Fsp3) is 0.444. The summed E-state index contributed by atoms with van der Waals surface area (Å²) in [6, 6.07) is 0. The molecule has 0 amide bonds. The Morgan fingerprint density at radius 3 is 2.55 bits per heavy atom. The Hall–Kier alpha value is -1.05. The van der Waals surface area contributed by atoms with Crippen molar-refractivity contribution in [2.45, 2.75) is 26.2 Å². The highest BCUT2D eigenvalue weighted by Gasteiger charge is 1.86. The van der Waals surface area contributed by atoms with Gasteiger partial charge in [0.15, 0.2) is 0 Å². The molecule has 0 saturated carbocycles. The minimum atomic E-state index is -0.787. The van der Waals surface area contributed by atoms with Gasteiger partial charge in [-0.3, -0.25) is 4.79 Å². The van der Waals surface area contributed by atoms with Crippen LogP contribution in [0.3, 0.4) is 0 Å². The molecule has 0 heterocycles. The lowest BCUT2D eigenvalue weighted by Crippen LogP contribution is -1.89. The van der Waals surface area contributed by atoms with E-state index in [1.165, 1.54) is 0 Å². The molecule has 1 N–H and O–H groups in total. The number of rotatable bonds is 5. The number of carbonyl (C=O) groups is 1. The van der Waals surface area contributed by atoms with E-state index >= 15 is 0 Å². The van der Waals surface area contributed by atoms with Crippen LogP contribution in [0.4, 0.5) is 0 Å². The zero-order chi connectivity index (χ0) is 8.53. The van der Waals surface area contributed by atoms with Crippen molar-refractivity contribution in [2.75, 3.05) is 0 Å². The van der Waals surface area contributed by atoms with Gasteiger partial charge < -0.3 is 5.11 Å². The molecule has 0 unspecified atom stereocenters. The van der Waals surface area contributed by atoms with Crippen LogP contribution in [-0.2, 0) is 4.79 Å². The van der Waals surface area contributed by atoms with E-state index in [4.69, 9.17) is 5.11 Å². The minimum Gasteiger partial charge on any atom is -0.481 e. The Kier molecular flexibility index (Phi) is 6.39. The number of allylic oxidation sites excluding steroid dienone is 3. The molecule has 11 heavy (non-hydrogen) atoms. The molecule has 0 aliphatic heterocycles. The Morgan fingerprint density at radius 1 is 1.36 bits per heavy atom. The first kappa shape index (κ1) is 9.95. The Labute approximate surface area is 67.2 Å². The molecule has 0 aromatic heterocycles. The van der Waals surface area contributed by atoms with Crippen LogP contribution in [0.5, 0.6) is 0 Å². The molecule has 0 radical (unpaired) electrons. The van der Waals surface area contributed by atoms with Crippen LogP contribution in [0.1, 0.15) is 26.2 Å². The molecule has 0 bridgehead atoms. The van der Waals surface area contributed by atoms with Crippen molar-refractivity contribution in [1.29, 1.82) is 0 Å². The van der Waals surface area contributed by atoms with Gasteiger partial charge in [0.1, 0.15) is 0 Å². The third-order valence-corrected chi connectivity index (χ3v) is 1.13. The molecule has 0 aliphatic carbocycles. The van der Waals surface area contributed by atoms with Crippen molar-refractivity contribution >= 4 is 5.97 Å². The van der Waals surface area contributed by atoms with Gasteiger partial charge in [0.25, 0.3) is 0 Å². The van der Waals surface area contributed by atoms with Crippen molar-refractivity contribution in [1.82, 2.24) is 0 Å². The van der Waals surface area contributed by atoms with E-state index < -0.39 is 5.97 Å². The van der Waals surface area contributed by atoms with Crippen molar-refractivity contribution < 1.29 is 9.90 Å². The summed E-state index contributed by atoms with van der Waals surface area (Å²) < 4.78 is 0. The lowest BCUT2D eigenvalue weighted by atomic mass is 10.3. The normalized spacial score (nSPS) is 11.4. The van der Waals surface area contributed by atoms with Crippen LogP contribution in [0.2, 0.25) is 0 Å². The van der Waals surface area contributed by atoms with Crippen molar-refractivity contribution in [3.8, 4) is 0 Å². The largest absolute Gasteiger partial charge is 0.481 e. The molecule has 0 spiro atoms. The summed E-state index contributed by atoms with van der Waals surface area (Å²) in [5, 5.41) is 8.24. The van der Waals surface area contributed by atoms with Crippen LogP contribution < -0.4 is 0 Å². The number of unbranched alkanes of at least 4 members (excludes halogenated alkanes) is 1. The molecule has 0 fully saturated rings. The van der Waals surface area contributed by atoms with E-state index in [0.717, 1.165) is 12.8 Å². The van der Waals surface area contributed by atoms with Crippen molar-refractivity contribution in [3.63, 3.8) is 0 Å². The Balaban J connectivity index is 3.36. The summed E-state index contributed by atoms with van der Waals surface area (Å²) >= 11 is 0. The van der Waals surface area contributed by atoms with E-state index in [0.29, 0.717) is 0 Å². The molecule has 0 aromatic rings. The van der Waals surface area contributed by atoms with Crippen molar-refractivity contribution in [3.05, 3.63) is 24.3 Å². The first-order valence-corrected chi connectivity index (χ1v) is 3.80. The molecule has 0 aliphatic rings. The highest BCUT2D eigenvalue weighted by molar-refractivity contribution is 5.68. The fourth-order valence-electron chi connectivity index (χ4n) is 0.589. The van der Waals surface area contributed by atoms with E-state index in [2.05, 4.69) is 6.92 Å². The zero-order valence-electron chi connectivity index (χ0n) is 6.79. The van der Waals surface area contributed by atoms with Gasteiger partial charge in [-0.25, -0.2) is 0 Å². The maximum atomic E-state index is 10.0. The number of aliphatic carboxylic acids is 1. The third-order valence-electron chi connectivity index (χ3n) is 1.13. The lowest BCUT2D eigenvalue weighted by Gasteiger charge is -1.81. The van der Waals surface area contributed by atoms with Crippen molar-refractivity contribution in [2.24, 2.45) is 0 Å². The topological polar surface area (TPSA) is 37.3 Å². The molecule has 62 valence electrons. The quantitative estimate of drug-likeness (QED) is 0.617. The standard InChI is InChI=1S/C9H14O2/c1-2-3-4-5-6-7-8-9(10)11/h4-7H,2-3,8H2,1H3,(H,10,11)/b5-4+,7-6+. The summed E-state index contributed by atoms with van der Waals surface area (Å²) in [5.74, 6) is -0.787. The van der Waals surface area contributed by atoms with Crippen LogP contribution in [0, 0.1) is 0 Å². The predicted molar refractivity (Wildman–Crippen MR) is 45.4 cm³/mol. The molecule has 2 heteroatoms. The van der Waals surface area contributed by atoms with Crippen LogP contribution >= 0.6 is 0 Å². The third kappa shape index (κ3) is 8.95. The zero-order valence-corrected chi connectivity index (χ0v) is 6.79. The fourth-order valence-corrected chi connectivity index (χ4v) is 0.589. The minimum absolute atomic E-state index is 0.108.